The summed E-state index contributed by atoms with van der Waals surface area (Å²) in [6, 6.07) is 0.0394. The van der Waals surface area contributed by atoms with Gasteiger partial charge in [0.1, 0.15) is 5.60 Å². The summed E-state index contributed by atoms with van der Waals surface area (Å²) in [6.45, 7) is 31.6. The third-order valence-corrected chi connectivity index (χ3v) is 6.95. The van der Waals surface area contributed by atoms with Crippen molar-refractivity contribution in [2.75, 3.05) is 42.3 Å². The van der Waals surface area contributed by atoms with Gasteiger partial charge in [-0.3, -0.25) is 14.4 Å². The molecule has 11 nitrogen and oxygen atoms in total. The summed E-state index contributed by atoms with van der Waals surface area (Å²) in [6.07, 6.45) is 0.167. The van der Waals surface area contributed by atoms with Crippen molar-refractivity contribution < 1.29 is 29.4 Å². The van der Waals surface area contributed by atoms with E-state index in [1.54, 1.807) is 73.5 Å². The Morgan fingerprint density at radius 2 is 0.778 bits per heavy atom. The van der Waals surface area contributed by atoms with Crippen LogP contribution in [-0.2, 0) is 14.4 Å². The highest BCUT2D eigenvalue weighted by Crippen LogP contribution is 2.17. The second kappa shape index (κ2) is 18.1. The summed E-state index contributed by atoms with van der Waals surface area (Å²) in [7, 11) is 10.6. The first-order valence-electron chi connectivity index (χ1n) is 15.4. The average Bonchev–Trinajstić information content (AvgIpc) is 2.78. The molecule has 0 aromatic heterocycles. The van der Waals surface area contributed by atoms with Gasteiger partial charge < -0.3 is 34.7 Å². The predicted octanol–water partition coefficient (Wildman–Crippen LogP) is 5.08. The van der Waals surface area contributed by atoms with Gasteiger partial charge in [-0.25, -0.2) is 4.79 Å². The molecule has 0 radical (unpaired) electrons. The Bertz CT molecular complexity index is 922. The van der Waals surface area contributed by atoms with Crippen molar-refractivity contribution in [3.8, 4) is 0 Å². The molecule has 0 aliphatic rings. The van der Waals surface area contributed by atoms with E-state index in [0.717, 1.165) is 0 Å². The van der Waals surface area contributed by atoms with Gasteiger partial charge in [0.15, 0.2) is 0 Å². The first kappa shape index (κ1) is 49.5. The van der Waals surface area contributed by atoms with Crippen molar-refractivity contribution in [1.29, 1.82) is 0 Å². The van der Waals surface area contributed by atoms with Gasteiger partial charge in [0.25, 0.3) is 5.91 Å². The van der Waals surface area contributed by atoms with Gasteiger partial charge in [-0.2, -0.15) is 0 Å². The fraction of sp³-hybridized carbons (Fsp3) is 0.882. The van der Waals surface area contributed by atoms with Crippen molar-refractivity contribution in [1.82, 2.24) is 24.5 Å². The zero-order valence-corrected chi connectivity index (χ0v) is 33.5. The van der Waals surface area contributed by atoms with Gasteiger partial charge in [0.2, 0.25) is 11.8 Å². The molecule has 0 aliphatic heterocycles. The third kappa shape index (κ3) is 23.6. The monoisotopic (exact) mass is 648 g/mol. The normalized spacial score (nSPS) is 12.1. The maximum atomic E-state index is 11.6. The van der Waals surface area contributed by atoms with E-state index in [9.17, 15) is 29.4 Å². The van der Waals surface area contributed by atoms with Crippen LogP contribution in [0.5, 0.6) is 0 Å². The van der Waals surface area contributed by atoms with Crippen LogP contribution in [0, 0.1) is 0 Å². The second-order valence-electron chi connectivity index (χ2n) is 16.9. The van der Waals surface area contributed by atoms with Crippen LogP contribution in [0.15, 0.2) is 0 Å². The summed E-state index contributed by atoms with van der Waals surface area (Å²) >= 11 is 0. The van der Waals surface area contributed by atoms with E-state index in [0.29, 0.717) is 0 Å². The van der Waals surface area contributed by atoms with Gasteiger partial charge in [0.05, 0.1) is 12.0 Å². The molecule has 0 atom stereocenters. The molecule has 270 valence electrons. The summed E-state index contributed by atoms with van der Waals surface area (Å²) < 4.78 is 0. The maximum absolute atomic E-state index is 11.6. The van der Waals surface area contributed by atoms with Crippen LogP contribution < -0.4 is 0 Å². The van der Waals surface area contributed by atoms with Crippen LogP contribution in [0.2, 0.25) is 0 Å². The minimum atomic E-state index is -1.28. The van der Waals surface area contributed by atoms with Gasteiger partial charge in [-0.15, -0.1) is 0 Å². The predicted molar refractivity (Wildman–Crippen MR) is 187 cm³/mol. The van der Waals surface area contributed by atoms with E-state index in [1.165, 1.54) is 13.8 Å². The lowest BCUT2D eigenvalue weighted by atomic mass is 10.0. The Morgan fingerprint density at radius 1 is 0.489 bits per heavy atom. The third-order valence-electron chi connectivity index (χ3n) is 6.95. The Kier molecular flexibility index (Phi) is 19.9. The van der Waals surface area contributed by atoms with Crippen LogP contribution >= 0.6 is 0 Å². The Morgan fingerprint density at radius 3 is 0.889 bits per heavy atom. The molecular weight excluding hydrogens is 574 g/mol. The first-order valence-corrected chi connectivity index (χ1v) is 15.4. The molecule has 5 amide bonds. The molecule has 0 aromatic carbocycles. The molecule has 0 spiro atoms. The minimum Gasteiger partial charge on any atom is -0.390 e. The highest BCUT2D eigenvalue weighted by atomic mass is 16.3. The van der Waals surface area contributed by atoms with E-state index in [1.807, 2.05) is 97.2 Å². The number of aliphatic hydroxyl groups is 2. The maximum Gasteiger partial charge on any atom is 0.319 e. The Labute approximate surface area is 277 Å². The van der Waals surface area contributed by atoms with E-state index in [-0.39, 0.29) is 52.3 Å². The van der Waals surface area contributed by atoms with Crippen molar-refractivity contribution >= 4 is 23.8 Å². The molecule has 0 saturated heterocycles. The Balaban J connectivity index is -0.000000251. The van der Waals surface area contributed by atoms with Crippen LogP contribution in [0.25, 0.3) is 0 Å². The largest absolute Gasteiger partial charge is 0.390 e. The highest BCUT2D eigenvalue weighted by Gasteiger charge is 2.32. The van der Waals surface area contributed by atoms with E-state index in [4.69, 9.17) is 0 Å². The topological polar surface area (TPSA) is 125 Å². The number of rotatable bonds is 3. The van der Waals surface area contributed by atoms with Gasteiger partial charge in [0, 0.05) is 71.4 Å². The summed E-state index contributed by atoms with van der Waals surface area (Å²) in [4.78, 5) is 53.3. The quantitative estimate of drug-likeness (QED) is 0.440. The van der Waals surface area contributed by atoms with Crippen molar-refractivity contribution in [2.45, 2.75) is 157 Å². The second-order valence-corrected chi connectivity index (χ2v) is 16.9. The minimum absolute atomic E-state index is 0.0278. The Hall–Kier alpha value is -2.40. The van der Waals surface area contributed by atoms with Crippen LogP contribution in [0.3, 0.4) is 0 Å². The van der Waals surface area contributed by atoms with Gasteiger partial charge in [-0.05, 0) is 111 Å². The molecule has 45 heavy (non-hydrogen) atoms. The number of urea groups is 1. The molecule has 0 fully saturated rings. The van der Waals surface area contributed by atoms with Gasteiger partial charge in [-0.1, -0.05) is 0 Å². The zero-order chi connectivity index (χ0) is 37.9. The first-order chi connectivity index (χ1) is 19.2. The zero-order valence-electron chi connectivity index (χ0n) is 33.5. The van der Waals surface area contributed by atoms with E-state index >= 15 is 0 Å². The fourth-order valence-corrected chi connectivity index (χ4v) is 2.64. The summed E-state index contributed by atoms with van der Waals surface area (Å²) in [5, 5.41) is 18.9. The van der Waals surface area contributed by atoms with Crippen molar-refractivity contribution in [3.05, 3.63) is 0 Å². The molecule has 0 heterocycles. The number of carbonyl (C=O) groups is 4. The number of carbonyl (C=O) groups excluding carboxylic acids is 4. The molecule has 0 rings (SSSR count). The number of nitrogens with zero attached hydrogens (tertiary/aromatic N) is 5. The standard InChI is InChI=1S/C10H21NO2.C9H19NO2.C8H18N2O.C7H15NO/c1-9(2,3)11(6)8(12)7-10(4,5)13;1-8(2,3)10(6)7(11)9(4,5)12;1-8(2,3)10(6)7(11)9(4)5;1-6(9)8(5)7(2,3)4/h13H,7H2,1-6H3;12H,1-6H3;1-6H3;1-5H3. The number of likely N-dealkylation sites (N-methyl/N-ethyl adjacent to an activating group) is 1. The molecular formula is C34H73N5O6. The van der Waals surface area contributed by atoms with Crippen molar-refractivity contribution in [3.63, 3.8) is 0 Å². The molecule has 0 bridgehead atoms. The summed E-state index contributed by atoms with van der Waals surface area (Å²) in [5.41, 5.74) is -2.74. The molecule has 0 unspecified atom stereocenters. The SMILES string of the molecule is CC(=O)N(C)C(C)(C)C.CN(C(=O)C(C)(C)O)C(C)(C)C.CN(C(=O)CC(C)(C)O)C(C)(C)C.CN(C)C(=O)N(C)C(C)(C)C. The number of amides is 5. The van der Waals surface area contributed by atoms with E-state index in [2.05, 4.69) is 0 Å². The molecule has 11 heteroatoms. The van der Waals surface area contributed by atoms with Gasteiger partial charge >= 0.3 is 6.03 Å². The summed E-state index contributed by atoms with van der Waals surface area (Å²) in [5.74, 6) is -0.169. The smallest absolute Gasteiger partial charge is 0.319 e. The lowest BCUT2D eigenvalue weighted by Crippen LogP contribution is -2.51. The van der Waals surface area contributed by atoms with Crippen LogP contribution in [-0.4, -0.2) is 134 Å². The van der Waals surface area contributed by atoms with Crippen LogP contribution in [0.1, 0.15) is 124 Å². The highest BCUT2D eigenvalue weighted by molar-refractivity contribution is 5.84. The average molecular weight is 648 g/mol. The van der Waals surface area contributed by atoms with Crippen molar-refractivity contribution in [2.24, 2.45) is 0 Å². The number of hydrogen-bond donors (Lipinski definition) is 2. The molecule has 0 aromatic rings. The molecule has 0 aliphatic carbocycles. The lowest BCUT2D eigenvalue weighted by Gasteiger charge is -2.35. The van der Waals surface area contributed by atoms with Crippen LogP contribution in [0.4, 0.5) is 4.79 Å². The molecule has 2 N–H and O–H groups in total. The lowest BCUT2D eigenvalue weighted by molar-refractivity contribution is -0.151. The van der Waals surface area contributed by atoms with E-state index < -0.39 is 11.2 Å². The fourth-order valence-electron chi connectivity index (χ4n) is 2.64. The molecule has 0 saturated carbocycles. The number of hydrogen-bond acceptors (Lipinski definition) is 6.